The monoisotopic (exact) mass is 408 g/mol. The molecule has 0 aromatic carbocycles. The Bertz CT molecular complexity index is 376. The van der Waals surface area contributed by atoms with Crippen LogP contribution in [0.25, 0.3) is 0 Å². The van der Waals surface area contributed by atoms with E-state index in [0.717, 1.165) is 6.42 Å². The molecule has 0 nitrogen and oxygen atoms in total. The molecule has 2 saturated carbocycles. The van der Waals surface area contributed by atoms with Crippen molar-refractivity contribution >= 4 is 92.8 Å². The Labute approximate surface area is 146 Å². The van der Waals surface area contributed by atoms with Crippen molar-refractivity contribution in [1.29, 1.82) is 0 Å². The zero-order valence-electron chi connectivity index (χ0n) is 8.80. The molecule has 2 fully saturated rings. The van der Waals surface area contributed by atoms with Gasteiger partial charge in [0.1, 0.15) is 5.41 Å². The van der Waals surface area contributed by atoms with Gasteiger partial charge in [-0.25, -0.2) is 0 Å². The number of allylic oxidation sites excluding steroid dienone is 1. The lowest BCUT2D eigenvalue weighted by Crippen LogP contribution is -2.58. The van der Waals surface area contributed by atoms with Crippen LogP contribution in [0.15, 0.2) is 11.1 Å². The summed E-state index contributed by atoms with van der Waals surface area (Å²) >= 11 is 49.3. The lowest BCUT2D eigenvalue weighted by atomic mass is 9.71. The highest BCUT2D eigenvalue weighted by atomic mass is 35.6. The van der Waals surface area contributed by atoms with Crippen LogP contribution in [-0.4, -0.2) is 12.5 Å². The van der Waals surface area contributed by atoms with Crippen LogP contribution in [0.3, 0.4) is 0 Å². The molecular weight excluding hydrogens is 404 g/mol. The molecule has 0 N–H and O–H groups in total. The van der Waals surface area contributed by atoms with Gasteiger partial charge in [-0.05, 0) is 30.8 Å². The van der Waals surface area contributed by atoms with Gasteiger partial charge < -0.3 is 0 Å². The van der Waals surface area contributed by atoms with Gasteiger partial charge in [0.15, 0.2) is 0 Å². The Kier molecular flexibility index (Phi) is 4.36. The topological polar surface area (TPSA) is 0 Å². The number of alkyl halides is 7. The summed E-state index contributed by atoms with van der Waals surface area (Å²) in [6.07, 6.45) is 2.06. The van der Waals surface area contributed by atoms with E-state index in [1.54, 1.807) is 0 Å². The summed E-state index contributed by atoms with van der Waals surface area (Å²) in [6, 6.07) is 0. The Morgan fingerprint density at radius 3 is 1.89 bits per heavy atom. The van der Waals surface area contributed by atoms with Gasteiger partial charge in [0.25, 0.3) is 0 Å². The first-order chi connectivity index (χ1) is 8.01. The van der Waals surface area contributed by atoms with Crippen molar-refractivity contribution in [1.82, 2.24) is 0 Å². The van der Waals surface area contributed by atoms with Crippen molar-refractivity contribution < 1.29 is 0 Å². The number of hydrogen-bond acceptors (Lipinski definition) is 0. The summed E-state index contributed by atoms with van der Waals surface area (Å²) in [5.74, 6) is 0.0891. The maximum absolute atomic E-state index is 6.66. The van der Waals surface area contributed by atoms with Gasteiger partial charge in [-0.2, -0.15) is 0 Å². The quantitative estimate of drug-likeness (QED) is 0.392. The highest BCUT2D eigenvalue weighted by molar-refractivity contribution is 6.74. The first-order valence-corrected chi connectivity index (χ1v) is 8.22. The Balaban J connectivity index is 2.74. The van der Waals surface area contributed by atoms with Gasteiger partial charge in [0.05, 0.1) is 4.87 Å². The molecule has 2 unspecified atom stereocenters. The van der Waals surface area contributed by atoms with E-state index >= 15 is 0 Å². The van der Waals surface area contributed by atoms with Crippen molar-refractivity contribution in [3.05, 3.63) is 11.1 Å². The maximum atomic E-state index is 6.66. The summed E-state index contributed by atoms with van der Waals surface area (Å²) in [4.78, 5) is -0.908. The molecule has 0 saturated heterocycles. The average Bonchev–Trinajstić information content (AvgIpc) is 2.64. The lowest BCUT2D eigenvalue weighted by molar-refractivity contribution is 0.263. The first kappa shape index (κ1) is 16.4. The van der Waals surface area contributed by atoms with Gasteiger partial charge in [-0.15, -0.1) is 11.6 Å². The Hall–Kier alpha value is 2.06. The third-order valence-electron chi connectivity index (χ3n) is 3.97. The second kappa shape index (κ2) is 4.78. The number of rotatable bonds is 0. The van der Waals surface area contributed by atoms with Crippen molar-refractivity contribution in [3.8, 4) is 0 Å². The van der Waals surface area contributed by atoms with Crippen LogP contribution in [0.1, 0.15) is 19.3 Å². The van der Waals surface area contributed by atoms with Crippen LogP contribution >= 0.6 is 92.8 Å². The van der Waals surface area contributed by atoms with E-state index in [1.807, 2.05) is 0 Å². The Morgan fingerprint density at radius 2 is 1.56 bits per heavy atom. The molecule has 2 aliphatic carbocycles. The highest BCUT2D eigenvalue weighted by Gasteiger charge is 2.78. The fourth-order valence-corrected chi connectivity index (χ4v) is 7.68. The molecule has 104 valence electrons. The van der Waals surface area contributed by atoms with Crippen LogP contribution in [0.4, 0.5) is 0 Å². The second-order valence-corrected chi connectivity index (χ2v) is 10.2. The third kappa shape index (κ3) is 1.94. The molecule has 0 heterocycles. The zero-order chi connectivity index (χ0) is 14.0. The Morgan fingerprint density at radius 1 is 1.06 bits per heavy atom. The molecule has 2 rings (SSSR count). The van der Waals surface area contributed by atoms with Crippen LogP contribution in [0, 0.1) is 11.3 Å². The average molecular weight is 412 g/mol. The highest BCUT2D eigenvalue weighted by Crippen LogP contribution is 2.78. The summed E-state index contributed by atoms with van der Waals surface area (Å²) in [5, 5.41) is 0. The van der Waals surface area contributed by atoms with Crippen molar-refractivity contribution in [3.63, 3.8) is 0 Å². The smallest absolute Gasteiger partial charge is 0.118 e. The number of fused-ring (bicyclic) bond motifs is 2. The predicted octanol–water partition coefficient (Wildman–Crippen LogP) is 6.63. The van der Waals surface area contributed by atoms with E-state index in [1.165, 1.54) is 5.54 Å². The molecular formula is C10H8Cl8. The van der Waals surface area contributed by atoms with Crippen LogP contribution < -0.4 is 0 Å². The molecule has 0 aromatic heterocycles. The van der Waals surface area contributed by atoms with Gasteiger partial charge in [-0.3, -0.25) is 0 Å². The molecule has 8 heteroatoms. The molecule has 18 heavy (non-hydrogen) atoms. The standard InChI is InChI=1S/C10H8Cl8/c11-4-6-5-1-2-7(12,3-5)8(6,9(13,14)15)10(16,17)18/h4-5H,1-3H2. The number of hydrogen-bond donors (Lipinski definition) is 0. The molecule has 0 spiro atoms. The molecule has 2 aliphatic rings. The van der Waals surface area contributed by atoms with E-state index in [9.17, 15) is 0 Å². The van der Waals surface area contributed by atoms with E-state index in [0.29, 0.717) is 18.4 Å². The number of halogens is 8. The molecule has 2 bridgehead atoms. The van der Waals surface area contributed by atoms with E-state index in [2.05, 4.69) is 0 Å². The first-order valence-electron chi connectivity index (χ1n) is 5.14. The summed E-state index contributed by atoms with van der Waals surface area (Å²) in [7, 11) is 0. The van der Waals surface area contributed by atoms with Gasteiger partial charge >= 0.3 is 0 Å². The van der Waals surface area contributed by atoms with E-state index in [4.69, 9.17) is 92.8 Å². The second-order valence-electron chi connectivity index (χ2n) is 4.71. The van der Waals surface area contributed by atoms with Crippen LogP contribution in [0.5, 0.6) is 0 Å². The fourth-order valence-electron chi connectivity index (χ4n) is 3.34. The van der Waals surface area contributed by atoms with Crippen molar-refractivity contribution in [2.75, 3.05) is 0 Å². The van der Waals surface area contributed by atoms with E-state index < -0.39 is 17.9 Å². The molecule has 0 amide bonds. The van der Waals surface area contributed by atoms with Gasteiger partial charge in [-0.1, -0.05) is 81.2 Å². The van der Waals surface area contributed by atoms with Crippen molar-refractivity contribution in [2.45, 2.75) is 31.7 Å². The third-order valence-corrected chi connectivity index (χ3v) is 6.53. The van der Waals surface area contributed by atoms with Gasteiger partial charge in [0.2, 0.25) is 7.59 Å². The minimum atomic E-state index is -1.87. The summed E-state index contributed by atoms with van der Waals surface area (Å²) in [6.45, 7) is 0. The molecule has 0 aliphatic heterocycles. The van der Waals surface area contributed by atoms with Crippen LogP contribution in [0.2, 0.25) is 0 Å². The van der Waals surface area contributed by atoms with Crippen molar-refractivity contribution in [2.24, 2.45) is 11.3 Å². The molecule has 2 atom stereocenters. The zero-order valence-corrected chi connectivity index (χ0v) is 14.8. The molecule has 0 aromatic rings. The largest absolute Gasteiger partial charge is 0.205 e. The minimum absolute atomic E-state index is 0.0891. The van der Waals surface area contributed by atoms with Gasteiger partial charge in [0, 0.05) is 5.54 Å². The maximum Gasteiger partial charge on any atom is 0.205 e. The van der Waals surface area contributed by atoms with E-state index in [-0.39, 0.29) is 5.92 Å². The minimum Gasteiger partial charge on any atom is -0.118 e. The normalized spacial score (nSPS) is 37.6. The predicted molar refractivity (Wildman–Crippen MR) is 82.9 cm³/mol. The summed E-state index contributed by atoms with van der Waals surface area (Å²) < 4.78 is -3.73. The van der Waals surface area contributed by atoms with Crippen LogP contribution in [-0.2, 0) is 0 Å². The lowest BCUT2D eigenvalue weighted by Gasteiger charge is -2.52. The SMILES string of the molecule is ClC=C1C2CCC(Cl)(C2)C1(C(Cl)(Cl)Cl)C(Cl)(Cl)Cl. The fraction of sp³-hybridized carbons (Fsp3) is 0.800. The summed E-state index contributed by atoms with van der Waals surface area (Å²) in [5.41, 5.74) is 0.539. The molecule has 0 radical (unpaired) electrons.